The van der Waals surface area contributed by atoms with Gasteiger partial charge < -0.3 is 4.74 Å². The molecule has 2 aromatic rings. The van der Waals surface area contributed by atoms with Crippen molar-refractivity contribution >= 4 is 31.9 Å². The van der Waals surface area contributed by atoms with Gasteiger partial charge in [-0.25, -0.2) is 0 Å². The van der Waals surface area contributed by atoms with E-state index in [0.29, 0.717) is 6.61 Å². The van der Waals surface area contributed by atoms with Crippen LogP contribution in [-0.2, 0) is 6.61 Å². The van der Waals surface area contributed by atoms with Gasteiger partial charge in [0.2, 0.25) is 0 Å². The summed E-state index contributed by atoms with van der Waals surface area (Å²) in [7, 11) is 0. The maximum atomic E-state index is 5.61. The molecule has 2 nitrogen and oxygen atoms in total. The Morgan fingerprint density at radius 3 is 2.69 bits per heavy atom. The SMILES string of the molecule is Brc1cccc(COc2cncc(Br)c2)c1. The smallest absolute Gasteiger partial charge is 0.139 e. The van der Waals surface area contributed by atoms with E-state index in [2.05, 4.69) is 36.8 Å². The number of ether oxygens (including phenoxy) is 1. The molecule has 0 amide bonds. The van der Waals surface area contributed by atoms with Crippen LogP contribution in [0.2, 0.25) is 0 Å². The molecule has 82 valence electrons. The van der Waals surface area contributed by atoms with Crippen molar-refractivity contribution in [2.24, 2.45) is 0 Å². The van der Waals surface area contributed by atoms with Crippen molar-refractivity contribution in [3.63, 3.8) is 0 Å². The maximum absolute atomic E-state index is 5.61. The van der Waals surface area contributed by atoms with E-state index in [0.717, 1.165) is 20.3 Å². The van der Waals surface area contributed by atoms with E-state index in [1.807, 2.05) is 30.3 Å². The van der Waals surface area contributed by atoms with E-state index in [-0.39, 0.29) is 0 Å². The van der Waals surface area contributed by atoms with Gasteiger partial charge in [-0.05, 0) is 39.7 Å². The summed E-state index contributed by atoms with van der Waals surface area (Å²) in [5, 5.41) is 0. The first-order valence-electron chi connectivity index (χ1n) is 4.72. The predicted octanol–water partition coefficient (Wildman–Crippen LogP) is 4.19. The Labute approximate surface area is 111 Å². The quantitative estimate of drug-likeness (QED) is 0.834. The first-order chi connectivity index (χ1) is 7.74. The summed E-state index contributed by atoms with van der Waals surface area (Å²) in [6.07, 6.45) is 3.43. The lowest BCUT2D eigenvalue weighted by Crippen LogP contribution is -1.95. The Bertz CT molecular complexity index is 442. The fraction of sp³-hybridized carbons (Fsp3) is 0.0833. The second-order valence-electron chi connectivity index (χ2n) is 3.26. The maximum Gasteiger partial charge on any atom is 0.139 e. The minimum Gasteiger partial charge on any atom is -0.487 e. The Morgan fingerprint density at radius 2 is 1.94 bits per heavy atom. The number of hydrogen-bond donors (Lipinski definition) is 0. The van der Waals surface area contributed by atoms with Gasteiger partial charge >= 0.3 is 0 Å². The molecule has 0 bridgehead atoms. The molecule has 0 saturated carbocycles. The highest BCUT2D eigenvalue weighted by Gasteiger charge is 1.98. The van der Waals surface area contributed by atoms with Gasteiger partial charge in [0.1, 0.15) is 12.4 Å². The van der Waals surface area contributed by atoms with Crippen LogP contribution in [0.1, 0.15) is 5.56 Å². The molecule has 1 aromatic heterocycles. The molecule has 0 fully saturated rings. The first-order valence-corrected chi connectivity index (χ1v) is 6.30. The van der Waals surface area contributed by atoms with Gasteiger partial charge in [0.05, 0.1) is 6.20 Å². The van der Waals surface area contributed by atoms with Crippen LogP contribution in [0.15, 0.2) is 51.7 Å². The lowest BCUT2D eigenvalue weighted by molar-refractivity contribution is 0.304. The molecule has 0 aliphatic rings. The molecule has 0 atom stereocenters. The summed E-state index contributed by atoms with van der Waals surface area (Å²) in [6, 6.07) is 9.93. The zero-order valence-electron chi connectivity index (χ0n) is 8.36. The molecule has 1 heterocycles. The van der Waals surface area contributed by atoms with Crippen LogP contribution < -0.4 is 4.74 Å². The third kappa shape index (κ3) is 3.32. The highest BCUT2D eigenvalue weighted by atomic mass is 79.9. The Kier molecular flexibility index (Phi) is 3.96. The molecule has 0 spiro atoms. The van der Waals surface area contributed by atoms with Gasteiger partial charge in [-0.1, -0.05) is 28.1 Å². The third-order valence-electron chi connectivity index (χ3n) is 1.97. The summed E-state index contributed by atoms with van der Waals surface area (Å²) in [5.41, 5.74) is 1.12. The van der Waals surface area contributed by atoms with Crippen LogP contribution in [0.5, 0.6) is 5.75 Å². The summed E-state index contributed by atoms with van der Waals surface area (Å²) in [4.78, 5) is 4.03. The van der Waals surface area contributed by atoms with Crippen molar-refractivity contribution in [1.82, 2.24) is 4.98 Å². The summed E-state index contributed by atoms with van der Waals surface area (Å²) in [6.45, 7) is 0.539. The van der Waals surface area contributed by atoms with Gasteiger partial charge in [-0.3, -0.25) is 4.98 Å². The molecule has 1 aromatic carbocycles. The number of aromatic nitrogens is 1. The van der Waals surface area contributed by atoms with E-state index in [4.69, 9.17) is 4.74 Å². The van der Waals surface area contributed by atoms with Gasteiger partial charge in [-0.15, -0.1) is 0 Å². The first kappa shape index (κ1) is 11.6. The van der Waals surface area contributed by atoms with Crippen LogP contribution >= 0.6 is 31.9 Å². The molecule has 0 aliphatic carbocycles. The Balaban J connectivity index is 2.02. The van der Waals surface area contributed by atoms with Crippen molar-refractivity contribution in [3.8, 4) is 5.75 Å². The van der Waals surface area contributed by atoms with E-state index in [9.17, 15) is 0 Å². The number of benzene rings is 1. The van der Waals surface area contributed by atoms with Crippen LogP contribution in [0.3, 0.4) is 0 Å². The molecule has 2 rings (SSSR count). The van der Waals surface area contributed by atoms with Crippen molar-refractivity contribution in [1.29, 1.82) is 0 Å². The van der Waals surface area contributed by atoms with E-state index < -0.39 is 0 Å². The summed E-state index contributed by atoms with van der Waals surface area (Å²) < 4.78 is 7.59. The number of halogens is 2. The van der Waals surface area contributed by atoms with Crippen molar-refractivity contribution < 1.29 is 4.74 Å². The number of hydrogen-bond acceptors (Lipinski definition) is 2. The molecule has 16 heavy (non-hydrogen) atoms. The van der Waals surface area contributed by atoms with Gasteiger partial charge in [0.15, 0.2) is 0 Å². The molecule has 4 heteroatoms. The van der Waals surface area contributed by atoms with Crippen LogP contribution in [-0.4, -0.2) is 4.98 Å². The molecular weight excluding hydrogens is 334 g/mol. The topological polar surface area (TPSA) is 22.1 Å². The number of rotatable bonds is 3. The Hall–Kier alpha value is -0.870. The van der Waals surface area contributed by atoms with Crippen molar-refractivity contribution in [3.05, 3.63) is 57.2 Å². The van der Waals surface area contributed by atoms with E-state index in [1.54, 1.807) is 12.4 Å². The lowest BCUT2D eigenvalue weighted by atomic mass is 10.2. The molecule has 0 unspecified atom stereocenters. The monoisotopic (exact) mass is 341 g/mol. The zero-order valence-corrected chi connectivity index (χ0v) is 11.5. The molecule has 0 saturated heterocycles. The largest absolute Gasteiger partial charge is 0.487 e. The standard InChI is InChI=1S/C12H9Br2NO/c13-10-3-1-2-9(4-10)8-16-12-5-11(14)6-15-7-12/h1-7H,8H2. The van der Waals surface area contributed by atoms with Crippen molar-refractivity contribution in [2.45, 2.75) is 6.61 Å². The highest BCUT2D eigenvalue weighted by molar-refractivity contribution is 9.10. The van der Waals surface area contributed by atoms with Crippen molar-refractivity contribution in [2.75, 3.05) is 0 Å². The summed E-state index contributed by atoms with van der Waals surface area (Å²) >= 11 is 6.77. The molecule has 0 N–H and O–H groups in total. The lowest BCUT2D eigenvalue weighted by Gasteiger charge is -2.06. The zero-order chi connectivity index (χ0) is 11.4. The fourth-order valence-electron chi connectivity index (χ4n) is 1.26. The average Bonchev–Trinajstić information content (AvgIpc) is 2.27. The minimum absolute atomic E-state index is 0.539. The molecular formula is C12H9Br2NO. The third-order valence-corrected chi connectivity index (χ3v) is 2.90. The highest BCUT2D eigenvalue weighted by Crippen LogP contribution is 2.18. The van der Waals surface area contributed by atoms with E-state index >= 15 is 0 Å². The van der Waals surface area contributed by atoms with Crippen LogP contribution in [0.4, 0.5) is 0 Å². The fourth-order valence-corrected chi connectivity index (χ4v) is 2.06. The van der Waals surface area contributed by atoms with Gasteiger partial charge in [0.25, 0.3) is 0 Å². The predicted molar refractivity (Wildman–Crippen MR) is 70.4 cm³/mol. The van der Waals surface area contributed by atoms with Gasteiger partial charge in [0, 0.05) is 15.1 Å². The molecule has 0 aliphatic heterocycles. The molecule has 0 radical (unpaired) electrons. The van der Waals surface area contributed by atoms with Crippen LogP contribution in [0, 0.1) is 0 Å². The Morgan fingerprint density at radius 1 is 1.06 bits per heavy atom. The second-order valence-corrected chi connectivity index (χ2v) is 5.09. The summed E-state index contributed by atoms with van der Waals surface area (Å²) in [5.74, 6) is 0.759. The normalized spacial score (nSPS) is 10.1. The van der Waals surface area contributed by atoms with E-state index in [1.165, 1.54) is 0 Å². The average molecular weight is 343 g/mol. The van der Waals surface area contributed by atoms with Gasteiger partial charge in [-0.2, -0.15) is 0 Å². The number of nitrogens with zero attached hydrogens (tertiary/aromatic N) is 1. The second kappa shape index (κ2) is 5.46. The number of pyridine rings is 1. The van der Waals surface area contributed by atoms with Crippen LogP contribution in [0.25, 0.3) is 0 Å². The minimum atomic E-state index is 0.539.